The van der Waals surface area contributed by atoms with Crippen LogP contribution in [-0.4, -0.2) is 51.4 Å². The van der Waals surface area contributed by atoms with Crippen LogP contribution in [0.15, 0.2) is 29.9 Å². The van der Waals surface area contributed by atoms with Crippen molar-refractivity contribution in [1.82, 2.24) is 19.4 Å². The first-order valence-electron chi connectivity index (χ1n) is 8.15. The van der Waals surface area contributed by atoms with E-state index in [1.807, 2.05) is 18.0 Å². The lowest BCUT2D eigenvalue weighted by Gasteiger charge is -2.35. The summed E-state index contributed by atoms with van der Waals surface area (Å²) in [5, 5.41) is 2.12. The average molecular weight is 332 g/mol. The Bertz CT molecular complexity index is 629. The monoisotopic (exact) mass is 332 g/mol. The fourth-order valence-corrected chi connectivity index (χ4v) is 3.86. The van der Waals surface area contributed by atoms with Gasteiger partial charge in [-0.3, -0.25) is 9.69 Å². The first-order valence-corrected chi connectivity index (χ1v) is 9.03. The zero-order chi connectivity index (χ0) is 16.2. The summed E-state index contributed by atoms with van der Waals surface area (Å²) in [5.74, 6) is 1.22. The third-order valence-electron chi connectivity index (χ3n) is 4.49. The van der Waals surface area contributed by atoms with E-state index in [0.29, 0.717) is 6.42 Å². The van der Waals surface area contributed by atoms with E-state index < -0.39 is 0 Å². The smallest absolute Gasteiger partial charge is 0.224 e. The molecule has 3 rings (SSSR count). The molecule has 0 N–H and O–H groups in total. The molecule has 6 heteroatoms. The van der Waals surface area contributed by atoms with E-state index >= 15 is 0 Å². The maximum absolute atomic E-state index is 12.5. The van der Waals surface area contributed by atoms with Crippen LogP contribution in [0.2, 0.25) is 0 Å². The molecule has 0 unspecified atom stereocenters. The quantitative estimate of drug-likeness (QED) is 0.845. The Morgan fingerprint density at radius 2 is 2.13 bits per heavy atom. The summed E-state index contributed by atoms with van der Waals surface area (Å²) >= 11 is 1.80. The Labute approximate surface area is 141 Å². The van der Waals surface area contributed by atoms with E-state index in [2.05, 4.69) is 38.9 Å². The molecular weight excluding hydrogens is 308 g/mol. The average Bonchev–Trinajstić information content (AvgIpc) is 3.19. The number of carbonyl (C=O) groups excluding carboxylic acids is 1. The van der Waals surface area contributed by atoms with E-state index in [1.54, 1.807) is 17.5 Å². The minimum absolute atomic E-state index is 0.161. The Morgan fingerprint density at radius 1 is 1.35 bits per heavy atom. The second kappa shape index (κ2) is 7.27. The van der Waals surface area contributed by atoms with E-state index in [0.717, 1.165) is 38.5 Å². The van der Waals surface area contributed by atoms with E-state index in [9.17, 15) is 4.79 Å². The third-order valence-corrected chi connectivity index (χ3v) is 5.35. The number of nitrogens with zero attached hydrogens (tertiary/aromatic N) is 4. The number of amides is 1. The number of carbonyl (C=O) groups is 1. The molecule has 0 aliphatic carbocycles. The Hall–Kier alpha value is -1.66. The van der Waals surface area contributed by atoms with Crippen molar-refractivity contribution in [3.05, 3.63) is 40.6 Å². The molecule has 23 heavy (non-hydrogen) atoms. The number of rotatable bonds is 5. The van der Waals surface area contributed by atoms with Crippen LogP contribution in [0.3, 0.4) is 0 Å². The van der Waals surface area contributed by atoms with Crippen LogP contribution in [0.4, 0.5) is 0 Å². The molecule has 1 saturated heterocycles. The van der Waals surface area contributed by atoms with Gasteiger partial charge in [-0.1, -0.05) is 6.07 Å². The van der Waals surface area contributed by atoms with Crippen LogP contribution in [0.5, 0.6) is 0 Å². The molecule has 5 nitrogen and oxygen atoms in total. The van der Waals surface area contributed by atoms with Gasteiger partial charge in [0.05, 0.1) is 0 Å². The van der Waals surface area contributed by atoms with Gasteiger partial charge in [-0.05, 0) is 25.3 Å². The number of piperazine rings is 1. The van der Waals surface area contributed by atoms with E-state index in [1.165, 1.54) is 4.88 Å². The third kappa shape index (κ3) is 4.00. The molecular formula is C17H24N4OS. The first kappa shape index (κ1) is 16.2. The van der Waals surface area contributed by atoms with Gasteiger partial charge in [-0.25, -0.2) is 4.98 Å². The van der Waals surface area contributed by atoms with Gasteiger partial charge in [0, 0.05) is 62.5 Å². The number of aryl methyl sites for hydroxylation is 1. The molecule has 1 fully saturated rings. The lowest BCUT2D eigenvalue weighted by molar-refractivity contribution is -0.133. The molecule has 2 aromatic heterocycles. The number of aromatic nitrogens is 2. The molecule has 1 aliphatic heterocycles. The van der Waals surface area contributed by atoms with Gasteiger partial charge >= 0.3 is 0 Å². The highest BCUT2D eigenvalue weighted by Crippen LogP contribution is 2.17. The van der Waals surface area contributed by atoms with Crippen LogP contribution in [0.1, 0.15) is 30.1 Å². The van der Waals surface area contributed by atoms with Crippen molar-refractivity contribution < 1.29 is 4.79 Å². The zero-order valence-electron chi connectivity index (χ0n) is 13.8. The summed E-state index contributed by atoms with van der Waals surface area (Å²) < 4.78 is 2.07. The van der Waals surface area contributed by atoms with E-state index in [-0.39, 0.29) is 11.9 Å². The zero-order valence-corrected chi connectivity index (χ0v) is 14.6. The van der Waals surface area contributed by atoms with Crippen molar-refractivity contribution >= 4 is 17.2 Å². The maximum Gasteiger partial charge on any atom is 0.224 e. The van der Waals surface area contributed by atoms with Crippen LogP contribution < -0.4 is 0 Å². The summed E-state index contributed by atoms with van der Waals surface area (Å²) in [6.07, 6.45) is 4.29. The van der Waals surface area contributed by atoms with Gasteiger partial charge in [0.15, 0.2) is 0 Å². The predicted molar refractivity (Wildman–Crippen MR) is 92.5 cm³/mol. The summed E-state index contributed by atoms with van der Waals surface area (Å²) in [5.41, 5.74) is 0. The van der Waals surface area contributed by atoms with Crippen LogP contribution in [0.25, 0.3) is 0 Å². The predicted octanol–water partition coefficient (Wildman–Crippen LogP) is 2.55. The molecule has 2 aromatic rings. The van der Waals surface area contributed by atoms with Gasteiger partial charge in [-0.2, -0.15) is 0 Å². The summed E-state index contributed by atoms with van der Waals surface area (Å²) in [4.78, 5) is 22.6. The topological polar surface area (TPSA) is 41.4 Å². The van der Waals surface area contributed by atoms with Crippen LogP contribution in [-0.2, 0) is 11.3 Å². The lowest BCUT2D eigenvalue weighted by Crippen LogP contribution is -2.48. The highest BCUT2D eigenvalue weighted by Gasteiger charge is 2.23. The minimum atomic E-state index is 0.161. The highest BCUT2D eigenvalue weighted by molar-refractivity contribution is 7.09. The van der Waals surface area contributed by atoms with Crippen LogP contribution in [0, 0.1) is 6.92 Å². The molecule has 0 aromatic carbocycles. The maximum atomic E-state index is 12.5. The first-order chi connectivity index (χ1) is 11.1. The van der Waals surface area contributed by atoms with Crippen molar-refractivity contribution in [3.8, 4) is 0 Å². The molecule has 1 amide bonds. The molecule has 0 spiro atoms. The van der Waals surface area contributed by atoms with Crippen molar-refractivity contribution in [1.29, 1.82) is 0 Å². The molecule has 1 atom stereocenters. The van der Waals surface area contributed by atoms with Crippen molar-refractivity contribution in [3.63, 3.8) is 0 Å². The second-order valence-electron chi connectivity index (χ2n) is 6.17. The Balaban J connectivity index is 1.47. The van der Waals surface area contributed by atoms with Crippen molar-refractivity contribution in [2.75, 3.05) is 26.2 Å². The molecule has 3 heterocycles. The standard InChI is InChI=1S/C17H24N4OS/c1-14(21-6-5-18-15(21)2)12-17(22)20-9-7-19(8-10-20)13-16-4-3-11-23-16/h3-6,11,14H,7-10,12-13H2,1-2H3/t14-/m0/s1. The molecule has 1 aliphatic rings. The van der Waals surface area contributed by atoms with Crippen molar-refractivity contribution in [2.45, 2.75) is 32.9 Å². The number of hydrogen-bond acceptors (Lipinski definition) is 4. The van der Waals surface area contributed by atoms with Crippen molar-refractivity contribution in [2.24, 2.45) is 0 Å². The van der Waals surface area contributed by atoms with E-state index in [4.69, 9.17) is 0 Å². The molecule has 0 bridgehead atoms. The van der Waals surface area contributed by atoms with Gasteiger partial charge in [0.2, 0.25) is 5.91 Å². The fraction of sp³-hybridized carbons (Fsp3) is 0.529. The highest BCUT2D eigenvalue weighted by atomic mass is 32.1. The number of thiophene rings is 1. The summed E-state index contributed by atoms with van der Waals surface area (Å²) in [6.45, 7) is 8.65. The van der Waals surface area contributed by atoms with Gasteiger partial charge in [-0.15, -0.1) is 11.3 Å². The molecule has 0 radical (unpaired) electrons. The fourth-order valence-electron chi connectivity index (χ4n) is 3.11. The largest absolute Gasteiger partial charge is 0.340 e. The summed E-state index contributed by atoms with van der Waals surface area (Å²) in [7, 11) is 0. The normalized spacial score (nSPS) is 17.4. The number of imidazole rings is 1. The SMILES string of the molecule is Cc1nccn1[C@@H](C)CC(=O)N1CCN(Cc2cccs2)CC1. The van der Waals surface area contributed by atoms with Crippen LogP contribution >= 0.6 is 11.3 Å². The second-order valence-corrected chi connectivity index (χ2v) is 7.20. The number of hydrogen-bond donors (Lipinski definition) is 0. The van der Waals surface area contributed by atoms with Gasteiger partial charge in [0.1, 0.15) is 5.82 Å². The molecule has 124 valence electrons. The Morgan fingerprint density at radius 3 is 2.74 bits per heavy atom. The lowest BCUT2D eigenvalue weighted by atomic mass is 10.2. The Kier molecular flexibility index (Phi) is 5.13. The molecule has 0 saturated carbocycles. The summed E-state index contributed by atoms with van der Waals surface area (Å²) in [6, 6.07) is 4.44. The minimum Gasteiger partial charge on any atom is -0.340 e. The van der Waals surface area contributed by atoms with Gasteiger partial charge in [0.25, 0.3) is 0 Å². The van der Waals surface area contributed by atoms with Gasteiger partial charge < -0.3 is 9.47 Å².